The smallest absolute Gasteiger partial charge is 0.321 e. The Bertz CT molecular complexity index is 1690. The van der Waals surface area contributed by atoms with Gasteiger partial charge in [-0.15, -0.1) is 0 Å². The van der Waals surface area contributed by atoms with Crippen LogP contribution in [0.5, 0.6) is 11.6 Å². The van der Waals surface area contributed by atoms with Crippen molar-refractivity contribution in [1.82, 2.24) is 25.4 Å². The van der Waals surface area contributed by atoms with Crippen molar-refractivity contribution in [2.75, 3.05) is 13.7 Å². The summed E-state index contributed by atoms with van der Waals surface area (Å²) in [6.45, 7) is 5.91. The number of hydrogen-bond acceptors (Lipinski definition) is 7. The van der Waals surface area contributed by atoms with Crippen molar-refractivity contribution in [3.8, 4) is 17.3 Å². The van der Waals surface area contributed by atoms with Crippen LogP contribution in [0.25, 0.3) is 16.6 Å². The molecule has 0 saturated heterocycles. The van der Waals surface area contributed by atoms with Gasteiger partial charge in [0, 0.05) is 41.7 Å². The van der Waals surface area contributed by atoms with E-state index >= 15 is 0 Å². The van der Waals surface area contributed by atoms with Crippen LogP contribution in [0.15, 0.2) is 67.0 Å². The third-order valence-electron chi connectivity index (χ3n) is 7.92. The van der Waals surface area contributed by atoms with Gasteiger partial charge in [-0.1, -0.05) is 18.9 Å². The van der Waals surface area contributed by atoms with Gasteiger partial charge in [0.15, 0.2) is 0 Å². The standard InChI is InChI=1S/C35H41F2N5O5/c1-34(2,3)46-21-28(41-33(44)35(4,36)37)31(23-13-16-30(45-5)38-19-23)47-27-14-15-29-24(18-27)20-39-42(29)26-12-8-9-22(17-26)32(43)40-25-10-6-7-11-25/h8-9,12-20,25,28,31H,6-7,10-11,21H2,1-5H3,(H,40,43)(H,41,44)/t28-,31-/m1/s1. The van der Waals surface area contributed by atoms with Gasteiger partial charge in [0.25, 0.3) is 11.8 Å². The van der Waals surface area contributed by atoms with Crippen molar-refractivity contribution in [2.24, 2.45) is 0 Å². The van der Waals surface area contributed by atoms with E-state index in [1.807, 2.05) is 39.0 Å². The lowest BCUT2D eigenvalue weighted by Gasteiger charge is -2.32. The Balaban J connectivity index is 1.44. The highest BCUT2D eigenvalue weighted by Crippen LogP contribution is 2.31. The molecule has 0 spiro atoms. The van der Waals surface area contributed by atoms with E-state index in [-0.39, 0.29) is 18.6 Å². The van der Waals surface area contributed by atoms with Gasteiger partial charge in [-0.3, -0.25) is 9.59 Å². The second-order valence-corrected chi connectivity index (χ2v) is 12.8. The first kappa shape index (κ1) is 33.8. The zero-order valence-electron chi connectivity index (χ0n) is 27.3. The largest absolute Gasteiger partial charge is 0.483 e. The number of aromatic nitrogens is 3. The van der Waals surface area contributed by atoms with Crippen LogP contribution in [0.1, 0.15) is 75.4 Å². The molecule has 2 atom stereocenters. The van der Waals surface area contributed by atoms with Crippen LogP contribution < -0.4 is 20.1 Å². The number of hydrogen-bond donors (Lipinski definition) is 2. The first-order valence-electron chi connectivity index (χ1n) is 15.7. The monoisotopic (exact) mass is 649 g/mol. The van der Waals surface area contributed by atoms with E-state index in [2.05, 4.69) is 20.7 Å². The van der Waals surface area contributed by atoms with E-state index in [4.69, 9.17) is 14.2 Å². The highest BCUT2D eigenvalue weighted by atomic mass is 19.3. The number of pyridine rings is 1. The molecule has 0 unspecified atom stereocenters. The Morgan fingerprint density at radius 3 is 2.45 bits per heavy atom. The van der Waals surface area contributed by atoms with Crippen LogP contribution in [0.2, 0.25) is 0 Å². The molecular formula is C35H41F2N5O5. The molecule has 1 fully saturated rings. The molecule has 2 aromatic heterocycles. The van der Waals surface area contributed by atoms with Crippen LogP contribution >= 0.6 is 0 Å². The third kappa shape index (κ3) is 8.62. The minimum atomic E-state index is -3.62. The number of alkyl halides is 2. The molecule has 2 amide bonds. The molecule has 2 heterocycles. The van der Waals surface area contributed by atoms with Crippen molar-refractivity contribution in [3.05, 3.63) is 78.1 Å². The van der Waals surface area contributed by atoms with Gasteiger partial charge >= 0.3 is 5.92 Å². The maximum absolute atomic E-state index is 14.1. The van der Waals surface area contributed by atoms with Crippen molar-refractivity contribution in [1.29, 1.82) is 0 Å². The van der Waals surface area contributed by atoms with Crippen LogP contribution in [0.4, 0.5) is 8.78 Å². The number of carbonyl (C=O) groups is 2. The zero-order valence-corrected chi connectivity index (χ0v) is 27.3. The summed E-state index contributed by atoms with van der Waals surface area (Å²) in [7, 11) is 1.48. The van der Waals surface area contributed by atoms with Crippen LogP contribution in [0.3, 0.4) is 0 Å². The third-order valence-corrected chi connectivity index (χ3v) is 7.92. The zero-order chi connectivity index (χ0) is 33.8. The fourth-order valence-electron chi connectivity index (χ4n) is 5.46. The van der Waals surface area contributed by atoms with Crippen LogP contribution in [-0.4, -0.2) is 63.9 Å². The number of rotatable bonds is 12. The summed E-state index contributed by atoms with van der Waals surface area (Å²) < 4.78 is 47.4. The number of benzene rings is 2. The van der Waals surface area contributed by atoms with E-state index in [1.54, 1.807) is 47.3 Å². The maximum Gasteiger partial charge on any atom is 0.321 e. The number of amides is 2. The number of methoxy groups -OCH3 is 1. The lowest BCUT2D eigenvalue weighted by molar-refractivity contribution is -0.146. The summed E-state index contributed by atoms with van der Waals surface area (Å²) in [6.07, 6.45) is 6.47. The summed E-state index contributed by atoms with van der Waals surface area (Å²) >= 11 is 0. The molecule has 0 radical (unpaired) electrons. The van der Waals surface area contributed by atoms with Crippen LogP contribution in [0, 0.1) is 0 Å². The summed E-state index contributed by atoms with van der Waals surface area (Å²) in [5.74, 6) is -4.42. The van der Waals surface area contributed by atoms with Crippen molar-refractivity contribution in [3.63, 3.8) is 0 Å². The number of carbonyl (C=O) groups excluding carboxylic acids is 2. The molecular weight excluding hydrogens is 608 g/mol. The molecule has 1 aliphatic carbocycles. The number of fused-ring (bicyclic) bond motifs is 1. The van der Waals surface area contributed by atoms with Gasteiger partial charge in [0.05, 0.1) is 42.8 Å². The molecule has 2 aromatic carbocycles. The number of ether oxygens (including phenoxy) is 3. The van der Waals surface area contributed by atoms with Gasteiger partial charge in [0.2, 0.25) is 5.88 Å². The molecule has 47 heavy (non-hydrogen) atoms. The Hall–Kier alpha value is -4.58. The average molecular weight is 650 g/mol. The molecule has 2 N–H and O–H groups in total. The molecule has 0 bridgehead atoms. The summed E-state index contributed by atoms with van der Waals surface area (Å²) in [5, 5.41) is 10.9. The van der Waals surface area contributed by atoms with Gasteiger partial charge in [0.1, 0.15) is 11.9 Å². The van der Waals surface area contributed by atoms with Crippen LogP contribution in [-0.2, 0) is 9.53 Å². The fraction of sp³-hybridized carbons (Fsp3) is 0.429. The van der Waals surface area contributed by atoms with E-state index in [9.17, 15) is 18.4 Å². The minimum Gasteiger partial charge on any atom is -0.483 e. The Labute approximate surface area is 272 Å². The minimum absolute atomic E-state index is 0.108. The summed E-state index contributed by atoms with van der Waals surface area (Å²) in [4.78, 5) is 29.7. The van der Waals surface area contributed by atoms with E-state index in [0.29, 0.717) is 29.7 Å². The topological polar surface area (TPSA) is 117 Å². The van der Waals surface area contributed by atoms with Gasteiger partial charge in [-0.05, 0) is 76.1 Å². The van der Waals surface area contributed by atoms with Crippen molar-refractivity contribution < 1.29 is 32.6 Å². The SMILES string of the molecule is COc1ccc([C@@H](Oc2ccc3c(cnn3-c3cccc(C(=O)NC4CCCC4)c3)c2)[C@@H](COC(C)(C)C)NC(=O)C(C)(F)F)cn1. The Morgan fingerprint density at radius 2 is 1.79 bits per heavy atom. The number of nitrogens with zero attached hydrogens (tertiary/aromatic N) is 3. The quantitative estimate of drug-likeness (QED) is 0.188. The normalized spacial score (nSPS) is 15.3. The van der Waals surface area contributed by atoms with E-state index in [1.165, 1.54) is 13.3 Å². The highest BCUT2D eigenvalue weighted by molar-refractivity contribution is 5.95. The summed E-state index contributed by atoms with van der Waals surface area (Å²) in [5.41, 5.74) is 1.92. The molecule has 5 rings (SSSR count). The maximum atomic E-state index is 14.1. The second kappa shape index (κ2) is 14.0. The Kier molecular flexibility index (Phi) is 10.1. The molecule has 4 aromatic rings. The fourth-order valence-corrected chi connectivity index (χ4v) is 5.46. The first-order chi connectivity index (χ1) is 22.3. The second-order valence-electron chi connectivity index (χ2n) is 12.8. The molecule has 1 saturated carbocycles. The lowest BCUT2D eigenvalue weighted by atomic mass is 10.0. The van der Waals surface area contributed by atoms with Gasteiger partial charge < -0.3 is 24.8 Å². The van der Waals surface area contributed by atoms with Crippen molar-refractivity contribution >= 4 is 22.7 Å². The van der Waals surface area contributed by atoms with Gasteiger partial charge in [-0.2, -0.15) is 13.9 Å². The first-order valence-corrected chi connectivity index (χ1v) is 15.7. The molecule has 10 nitrogen and oxygen atoms in total. The summed E-state index contributed by atoms with van der Waals surface area (Å²) in [6, 6.07) is 15.1. The average Bonchev–Trinajstić information content (AvgIpc) is 3.71. The molecule has 0 aliphatic heterocycles. The number of nitrogens with one attached hydrogen (secondary N) is 2. The Morgan fingerprint density at radius 1 is 1.02 bits per heavy atom. The molecule has 12 heteroatoms. The highest BCUT2D eigenvalue weighted by Gasteiger charge is 2.37. The lowest BCUT2D eigenvalue weighted by Crippen LogP contribution is -2.50. The van der Waals surface area contributed by atoms with Crippen molar-refractivity contribution in [2.45, 2.75) is 83.1 Å². The molecule has 250 valence electrons. The number of halogens is 2. The van der Waals surface area contributed by atoms with Gasteiger partial charge in [-0.25, -0.2) is 9.67 Å². The van der Waals surface area contributed by atoms with E-state index < -0.39 is 29.6 Å². The predicted molar refractivity (Wildman–Crippen MR) is 173 cm³/mol. The van der Waals surface area contributed by atoms with E-state index in [0.717, 1.165) is 42.3 Å². The predicted octanol–water partition coefficient (Wildman–Crippen LogP) is 6.18. The molecule has 1 aliphatic rings.